The van der Waals surface area contributed by atoms with Crippen molar-refractivity contribution in [3.8, 4) is 0 Å². The zero-order valence-electron chi connectivity index (χ0n) is 9.96. The lowest BCUT2D eigenvalue weighted by Gasteiger charge is -2.05. The van der Waals surface area contributed by atoms with Gasteiger partial charge >= 0.3 is 0 Å². The zero-order chi connectivity index (χ0) is 12.7. The number of aliphatic hydroxyl groups is 1. The van der Waals surface area contributed by atoms with Crippen molar-refractivity contribution < 1.29 is 13.5 Å². The molecule has 1 aromatic rings. The molecule has 1 aromatic heterocycles. The Labute approximate surface area is 102 Å². The van der Waals surface area contributed by atoms with E-state index in [1.54, 1.807) is 10.9 Å². The molecule has 0 amide bonds. The van der Waals surface area contributed by atoms with Gasteiger partial charge in [0.1, 0.15) is 0 Å². The number of unbranched alkanes of at least 4 members (excludes halogenated alkanes) is 1. The van der Waals surface area contributed by atoms with Gasteiger partial charge in [-0.2, -0.15) is 5.10 Å². The SMILES string of the molecule is Cn1cc(CCNS(=O)(=O)CCCCO)cn1. The molecule has 0 aromatic carbocycles. The van der Waals surface area contributed by atoms with Crippen molar-refractivity contribution in [3.05, 3.63) is 18.0 Å². The largest absolute Gasteiger partial charge is 0.396 e. The number of sulfonamides is 1. The van der Waals surface area contributed by atoms with Crippen LogP contribution in [0.1, 0.15) is 18.4 Å². The lowest BCUT2D eigenvalue weighted by Crippen LogP contribution is -2.28. The third-order valence-electron chi connectivity index (χ3n) is 2.32. The number of hydrogen-bond acceptors (Lipinski definition) is 4. The van der Waals surface area contributed by atoms with Gasteiger partial charge in [-0.15, -0.1) is 0 Å². The first kappa shape index (κ1) is 14.1. The molecular formula is C10H19N3O3S. The van der Waals surface area contributed by atoms with Gasteiger partial charge in [0, 0.05) is 26.4 Å². The molecule has 0 bridgehead atoms. The second-order valence-electron chi connectivity index (χ2n) is 3.92. The first-order valence-electron chi connectivity index (χ1n) is 5.59. The standard InChI is InChI=1S/C10H19N3O3S/c1-13-9-10(8-11-13)4-5-12-17(15,16)7-3-2-6-14/h8-9,12,14H,2-7H2,1H3. The van der Waals surface area contributed by atoms with E-state index in [0.29, 0.717) is 25.8 Å². The Morgan fingerprint density at radius 2 is 2.24 bits per heavy atom. The Bertz CT molecular complexity index is 428. The van der Waals surface area contributed by atoms with Gasteiger partial charge in [0.15, 0.2) is 0 Å². The van der Waals surface area contributed by atoms with E-state index < -0.39 is 10.0 Å². The van der Waals surface area contributed by atoms with Crippen LogP contribution < -0.4 is 4.72 Å². The molecule has 0 fully saturated rings. The molecule has 0 saturated carbocycles. The van der Waals surface area contributed by atoms with E-state index in [0.717, 1.165) is 5.56 Å². The summed E-state index contributed by atoms with van der Waals surface area (Å²) >= 11 is 0. The molecule has 2 N–H and O–H groups in total. The number of rotatable bonds is 8. The highest BCUT2D eigenvalue weighted by Gasteiger charge is 2.08. The number of aliphatic hydroxyl groups excluding tert-OH is 1. The van der Waals surface area contributed by atoms with Crippen molar-refractivity contribution in [2.24, 2.45) is 7.05 Å². The van der Waals surface area contributed by atoms with Crippen molar-refractivity contribution in [1.29, 1.82) is 0 Å². The molecule has 0 spiro atoms. The average Bonchev–Trinajstić information content (AvgIpc) is 2.64. The molecule has 0 aliphatic rings. The van der Waals surface area contributed by atoms with Crippen LogP contribution in [-0.2, 0) is 23.5 Å². The maximum absolute atomic E-state index is 11.5. The summed E-state index contributed by atoms with van der Waals surface area (Å²) in [5.41, 5.74) is 1.01. The zero-order valence-corrected chi connectivity index (χ0v) is 10.8. The van der Waals surface area contributed by atoms with Crippen LogP contribution in [0, 0.1) is 0 Å². The third kappa shape index (κ3) is 5.81. The molecular weight excluding hydrogens is 242 g/mol. The predicted octanol–water partition coefficient (Wildman–Crippen LogP) is -0.345. The van der Waals surface area contributed by atoms with E-state index in [1.165, 1.54) is 0 Å². The van der Waals surface area contributed by atoms with Crippen molar-refractivity contribution >= 4 is 10.0 Å². The lowest BCUT2D eigenvalue weighted by molar-refractivity contribution is 0.287. The maximum atomic E-state index is 11.5. The van der Waals surface area contributed by atoms with Gasteiger partial charge in [-0.05, 0) is 24.8 Å². The highest BCUT2D eigenvalue weighted by Crippen LogP contribution is 1.98. The highest BCUT2D eigenvalue weighted by atomic mass is 32.2. The Kier molecular flexibility index (Phi) is 5.60. The first-order valence-corrected chi connectivity index (χ1v) is 7.24. The summed E-state index contributed by atoms with van der Waals surface area (Å²) in [6.07, 6.45) is 5.22. The summed E-state index contributed by atoms with van der Waals surface area (Å²) in [4.78, 5) is 0. The van der Waals surface area contributed by atoms with Gasteiger partial charge in [0.05, 0.1) is 11.9 Å². The fourth-order valence-corrected chi connectivity index (χ4v) is 2.57. The minimum absolute atomic E-state index is 0.0329. The summed E-state index contributed by atoms with van der Waals surface area (Å²) in [5.74, 6) is 0.0700. The van der Waals surface area contributed by atoms with E-state index in [9.17, 15) is 8.42 Å². The first-order chi connectivity index (χ1) is 8.03. The van der Waals surface area contributed by atoms with E-state index in [4.69, 9.17) is 5.11 Å². The molecule has 1 heterocycles. The number of hydrogen-bond donors (Lipinski definition) is 2. The van der Waals surface area contributed by atoms with Gasteiger partial charge in [0.2, 0.25) is 10.0 Å². The van der Waals surface area contributed by atoms with E-state index in [1.807, 2.05) is 13.2 Å². The summed E-state index contributed by atoms with van der Waals surface area (Å²) in [6.45, 7) is 0.415. The van der Waals surface area contributed by atoms with E-state index in [-0.39, 0.29) is 12.4 Å². The monoisotopic (exact) mass is 261 g/mol. The van der Waals surface area contributed by atoms with Crippen molar-refractivity contribution in [3.63, 3.8) is 0 Å². The average molecular weight is 261 g/mol. The van der Waals surface area contributed by atoms with Crippen molar-refractivity contribution in [2.45, 2.75) is 19.3 Å². The van der Waals surface area contributed by atoms with Crippen LogP contribution in [0.5, 0.6) is 0 Å². The molecule has 1 rings (SSSR count). The summed E-state index contributed by atoms with van der Waals surface area (Å²) in [6, 6.07) is 0. The molecule has 0 unspecified atom stereocenters. The maximum Gasteiger partial charge on any atom is 0.211 e. The fourth-order valence-electron chi connectivity index (χ4n) is 1.43. The Hall–Kier alpha value is -0.920. The van der Waals surface area contributed by atoms with Crippen LogP contribution in [0.15, 0.2) is 12.4 Å². The quantitative estimate of drug-likeness (QED) is 0.627. The van der Waals surface area contributed by atoms with Gasteiger partial charge < -0.3 is 5.11 Å². The Morgan fingerprint density at radius 1 is 1.47 bits per heavy atom. The summed E-state index contributed by atoms with van der Waals surface area (Å²) < 4.78 is 27.2. The molecule has 6 nitrogen and oxygen atoms in total. The highest BCUT2D eigenvalue weighted by molar-refractivity contribution is 7.89. The van der Waals surface area contributed by atoms with Gasteiger partial charge in [-0.3, -0.25) is 4.68 Å². The van der Waals surface area contributed by atoms with Crippen LogP contribution in [0.2, 0.25) is 0 Å². The van der Waals surface area contributed by atoms with Crippen molar-refractivity contribution in [2.75, 3.05) is 18.9 Å². The van der Waals surface area contributed by atoms with Gasteiger partial charge in [-0.25, -0.2) is 13.1 Å². The van der Waals surface area contributed by atoms with Crippen LogP contribution in [-0.4, -0.2) is 42.2 Å². The van der Waals surface area contributed by atoms with Crippen molar-refractivity contribution in [1.82, 2.24) is 14.5 Å². The Balaban J connectivity index is 2.25. The Morgan fingerprint density at radius 3 is 2.82 bits per heavy atom. The van der Waals surface area contributed by atoms with Crippen LogP contribution >= 0.6 is 0 Å². The second-order valence-corrected chi connectivity index (χ2v) is 5.84. The summed E-state index contributed by atoms with van der Waals surface area (Å²) in [5, 5.41) is 12.6. The molecule has 0 radical (unpaired) electrons. The van der Waals surface area contributed by atoms with Crippen LogP contribution in [0.3, 0.4) is 0 Å². The minimum atomic E-state index is -3.21. The fraction of sp³-hybridized carbons (Fsp3) is 0.700. The molecule has 0 aliphatic carbocycles. The number of aryl methyl sites for hydroxylation is 1. The van der Waals surface area contributed by atoms with Crippen LogP contribution in [0.4, 0.5) is 0 Å². The molecule has 98 valence electrons. The molecule has 0 aliphatic heterocycles. The molecule has 0 atom stereocenters. The number of nitrogens with one attached hydrogen (secondary N) is 1. The molecule has 7 heteroatoms. The smallest absolute Gasteiger partial charge is 0.211 e. The number of nitrogens with zero attached hydrogens (tertiary/aromatic N) is 2. The lowest BCUT2D eigenvalue weighted by atomic mass is 10.3. The normalized spacial score (nSPS) is 11.9. The minimum Gasteiger partial charge on any atom is -0.396 e. The topological polar surface area (TPSA) is 84.2 Å². The van der Waals surface area contributed by atoms with E-state index >= 15 is 0 Å². The third-order valence-corrected chi connectivity index (χ3v) is 3.79. The van der Waals surface area contributed by atoms with Crippen LogP contribution in [0.25, 0.3) is 0 Å². The van der Waals surface area contributed by atoms with E-state index in [2.05, 4.69) is 9.82 Å². The number of aromatic nitrogens is 2. The van der Waals surface area contributed by atoms with Gasteiger partial charge in [0.25, 0.3) is 0 Å². The predicted molar refractivity (Wildman–Crippen MR) is 65.0 cm³/mol. The van der Waals surface area contributed by atoms with Gasteiger partial charge in [-0.1, -0.05) is 0 Å². The molecule has 17 heavy (non-hydrogen) atoms. The second kappa shape index (κ2) is 6.73. The molecule has 0 saturated heterocycles. The summed E-state index contributed by atoms with van der Waals surface area (Å²) in [7, 11) is -1.38.